The highest BCUT2D eigenvalue weighted by Crippen LogP contribution is 2.34. The first-order valence-corrected chi connectivity index (χ1v) is 13.3. The molecule has 0 aromatic heterocycles. The summed E-state index contributed by atoms with van der Waals surface area (Å²) in [6.45, 7) is 1.76. The van der Waals surface area contributed by atoms with Crippen LogP contribution in [0.15, 0.2) is 70.8 Å². The van der Waals surface area contributed by atoms with Crippen molar-refractivity contribution in [2.75, 3.05) is 38.0 Å². The Morgan fingerprint density at radius 3 is 2.52 bits per heavy atom. The van der Waals surface area contributed by atoms with Crippen molar-refractivity contribution in [2.45, 2.75) is 19.5 Å². The van der Waals surface area contributed by atoms with Crippen LogP contribution in [0.5, 0.6) is 5.75 Å². The van der Waals surface area contributed by atoms with Crippen molar-refractivity contribution in [1.29, 1.82) is 5.41 Å². The second-order valence-corrected chi connectivity index (χ2v) is 9.78. The molecule has 0 heterocycles. The normalized spacial score (nSPS) is 11.9. The van der Waals surface area contributed by atoms with Crippen LogP contribution in [0, 0.1) is 5.41 Å². The number of anilines is 2. The molecule has 210 valence electrons. The maximum atomic E-state index is 14.0. The number of nitrogens with one attached hydrogen (secondary N) is 5. The van der Waals surface area contributed by atoms with Crippen molar-refractivity contribution in [2.24, 2.45) is 0 Å². The fraction of sp³-hybridized carbons (Fsp3) is 0.241. The number of rotatable bonds is 12. The van der Waals surface area contributed by atoms with Crippen molar-refractivity contribution in [1.82, 2.24) is 16.0 Å². The fourth-order valence-electron chi connectivity index (χ4n) is 4.23. The van der Waals surface area contributed by atoms with Crippen LogP contribution in [-0.4, -0.2) is 57.7 Å². The number of para-hydroxylation sites is 2. The van der Waals surface area contributed by atoms with Gasteiger partial charge in [-0.25, -0.2) is 0 Å². The van der Waals surface area contributed by atoms with Gasteiger partial charge in [-0.3, -0.25) is 14.4 Å². The van der Waals surface area contributed by atoms with E-state index >= 15 is 0 Å². The molecule has 5 N–H and O–H groups in total. The maximum absolute atomic E-state index is 14.0. The first kappa shape index (κ1) is 30.3. The molecule has 0 aliphatic rings. The molecule has 3 aromatic carbocycles. The van der Waals surface area contributed by atoms with E-state index in [4.69, 9.17) is 10.1 Å². The largest absolute Gasteiger partial charge is 0.496 e. The van der Waals surface area contributed by atoms with Crippen LogP contribution in [0.3, 0.4) is 0 Å². The molecule has 10 nitrogen and oxygen atoms in total. The third-order valence-corrected chi connectivity index (χ3v) is 6.59. The van der Waals surface area contributed by atoms with Gasteiger partial charge in [0.25, 0.3) is 5.91 Å². The Kier molecular flexibility index (Phi) is 10.8. The molecule has 0 bridgehead atoms. The Hall–Kier alpha value is -4.22. The molecule has 0 radical (unpaired) electrons. The Morgan fingerprint density at radius 1 is 1.10 bits per heavy atom. The Bertz CT molecular complexity index is 1440. The Balaban J connectivity index is 2.14. The van der Waals surface area contributed by atoms with Gasteiger partial charge in [0.05, 0.1) is 37.1 Å². The minimum absolute atomic E-state index is 0.0560. The zero-order chi connectivity index (χ0) is 29.2. The van der Waals surface area contributed by atoms with E-state index in [2.05, 4.69) is 37.2 Å². The predicted molar refractivity (Wildman–Crippen MR) is 162 cm³/mol. The molecule has 3 rings (SSSR count). The molecule has 1 atom stereocenters. The lowest BCUT2D eigenvalue weighted by atomic mass is 10.0. The van der Waals surface area contributed by atoms with E-state index in [1.165, 1.54) is 11.1 Å². The number of hydrogen-bond donors (Lipinski definition) is 5. The predicted octanol–water partition coefficient (Wildman–Crippen LogP) is 3.56. The number of likely N-dealkylation sites (N-methyl/N-ethyl adjacent to an activating group) is 1. The second-order valence-electron chi connectivity index (χ2n) is 8.86. The molecular formula is C29H33BrN6O4. The number of ether oxygens (including phenoxy) is 1. The summed E-state index contributed by atoms with van der Waals surface area (Å²) in [6, 6.07) is 15.6. The number of nitrogens with zero attached hydrogens (tertiary/aromatic N) is 1. The Morgan fingerprint density at radius 2 is 1.85 bits per heavy atom. The summed E-state index contributed by atoms with van der Waals surface area (Å²) in [6.07, 6.45) is 2.35. The van der Waals surface area contributed by atoms with Crippen LogP contribution in [0.2, 0.25) is 0 Å². The van der Waals surface area contributed by atoms with Crippen molar-refractivity contribution >= 4 is 62.0 Å². The van der Waals surface area contributed by atoms with E-state index in [0.29, 0.717) is 17.1 Å². The van der Waals surface area contributed by atoms with Crippen LogP contribution in [0.1, 0.15) is 12.5 Å². The summed E-state index contributed by atoms with van der Waals surface area (Å²) in [5.74, 6) is -0.651. The van der Waals surface area contributed by atoms with Crippen molar-refractivity contribution in [3.05, 3.63) is 76.4 Å². The van der Waals surface area contributed by atoms with Gasteiger partial charge in [-0.2, -0.15) is 0 Å². The molecule has 0 saturated carbocycles. The number of halogens is 1. The van der Waals surface area contributed by atoms with E-state index in [9.17, 15) is 14.4 Å². The van der Waals surface area contributed by atoms with Gasteiger partial charge in [-0.1, -0.05) is 40.2 Å². The number of carbonyl (C=O) groups excluding carboxylic acids is 3. The van der Waals surface area contributed by atoms with Crippen LogP contribution >= 0.6 is 15.9 Å². The summed E-state index contributed by atoms with van der Waals surface area (Å²) in [5, 5.41) is 20.5. The van der Waals surface area contributed by atoms with Gasteiger partial charge in [0.15, 0.2) is 0 Å². The van der Waals surface area contributed by atoms with Crippen molar-refractivity contribution in [3.8, 4) is 5.75 Å². The number of amides is 3. The minimum Gasteiger partial charge on any atom is -0.496 e. The number of hydrogen-bond acceptors (Lipinski definition) is 7. The van der Waals surface area contributed by atoms with E-state index in [0.717, 1.165) is 27.0 Å². The third kappa shape index (κ3) is 7.25. The molecule has 0 aliphatic heterocycles. The summed E-state index contributed by atoms with van der Waals surface area (Å²) in [5.41, 5.74) is 1.64. The lowest BCUT2D eigenvalue weighted by Crippen LogP contribution is -2.48. The average molecular weight is 610 g/mol. The number of benzene rings is 3. The van der Waals surface area contributed by atoms with Crippen LogP contribution in [0.25, 0.3) is 10.8 Å². The monoisotopic (exact) mass is 608 g/mol. The quantitative estimate of drug-likeness (QED) is 0.158. The lowest BCUT2D eigenvalue weighted by Gasteiger charge is -2.29. The molecule has 40 heavy (non-hydrogen) atoms. The number of methoxy groups -OCH3 is 1. The van der Waals surface area contributed by atoms with E-state index in [1.54, 1.807) is 52.4 Å². The first-order valence-electron chi connectivity index (χ1n) is 12.5. The van der Waals surface area contributed by atoms with Gasteiger partial charge in [0, 0.05) is 29.5 Å². The number of fused-ring (bicyclic) bond motifs is 1. The van der Waals surface area contributed by atoms with Crippen LogP contribution < -0.4 is 30.9 Å². The van der Waals surface area contributed by atoms with E-state index in [1.807, 2.05) is 30.3 Å². The molecule has 3 amide bonds. The van der Waals surface area contributed by atoms with Crippen molar-refractivity contribution < 1.29 is 19.1 Å². The standard InChI is InChI=1S/C29H33BrN6O4/c1-18(34-27(37)16-33-3)29(39)36(17-23-22-11-10-21(30)13-19(22)9-12-26(23)40-4)25-8-6-5-7-24(25)35-28(38)20(14-31)15-32-2/h5-15,18,31-33H,16-17H2,1-4H3,(H,34,37)(H,35,38)/b20-15+,31-14?. The highest BCUT2D eigenvalue weighted by molar-refractivity contribution is 9.10. The number of carbonyl (C=O) groups is 3. The first-order chi connectivity index (χ1) is 19.2. The molecule has 0 spiro atoms. The molecule has 3 aromatic rings. The van der Waals surface area contributed by atoms with Gasteiger partial charge in [0.2, 0.25) is 11.8 Å². The van der Waals surface area contributed by atoms with Gasteiger partial charge in [-0.05, 0) is 55.1 Å². The van der Waals surface area contributed by atoms with Gasteiger partial charge >= 0.3 is 0 Å². The van der Waals surface area contributed by atoms with Gasteiger partial charge < -0.3 is 36.3 Å². The fourth-order valence-corrected chi connectivity index (χ4v) is 4.60. The van der Waals surface area contributed by atoms with E-state index in [-0.39, 0.29) is 30.5 Å². The topological polar surface area (TPSA) is 136 Å². The summed E-state index contributed by atoms with van der Waals surface area (Å²) in [4.78, 5) is 40.7. The van der Waals surface area contributed by atoms with Crippen LogP contribution in [-0.2, 0) is 20.9 Å². The molecule has 11 heteroatoms. The zero-order valence-electron chi connectivity index (χ0n) is 22.8. The van der Waals surface area contributed by atoms with Gasteiger partial charge in [0.1, 0.15) is 11.8 Å². The summed E-state index contributed by atoms with van der Waals surface area (Å²) < 4.78 is 6.60. The summed E-state index contributed by atoms with van der Waals surface area (Å²) >= 11 is 3.51. The SMILES string of the molecule is CN/C=C(\C=N)C(=O)Nc1ccccc1N(Cc1c(OC)ccc2cc(Br)ccc12)C(=O)C(C)NC(=O)CNC. The zero-order valence-corrected chi connectivity index (χ0v) is 24.4. The average Bonchev–Trinajstić information content (AvgIpc) is 2.94. The smallest absolute Gasteiger partial charge is 0.258 e. The molecule has 0 saturated heterocycles. The van der Waals surface area contributed by atoms with Crippen molar-refractivity contribution in [3.63, 3.8) is 0 Å². The molecular weight excluding hydrogens is 576 g/mol. The second kappa shape index (κ2) is 14.2. The minimum atomic E-state index is -0.874. The van der Waals surface area contributed by atoms with Crippen LogP contribution in [0.4, 0.5) is 11.4 Å². The highest BCUT2D eigenvalue weighted by Gasteiger charge is 2.27. The molecule has 1 unspecified atom stereocenters. The van der Waals surface area contributed by atoms with E-state index < -0.39 is 11.9 Å². The Labute approximate surface area is 241 Å². The van der Waals surface area contributed by atoms with Gasteiger partial charge in [-0.15, -0.1) is 0 Å². The summed E-state index contributed by atoms with van der Waals surface area (Å²) in [7, 11) is 4.84. The molecule has 0 fully saturated rings. The molecule has 0 aliphatic carbocycles. The maximum Gasteiger partial charge on any atom is 0.258 e. The lowest BCUT2D eigenvalue weighted by molar-refractivity contribution is -0.126. The third-order valence-electron chi connectivity index (χ3n) is 6.10. The highest BCUT2D eigenvalue weighted by atomic mass is 79.9.